The summed E-state index contributed by atoms with van der Waals surface area (Å²) in [7, 11) is 2.93. The maximum atomic E-state index is 13.3. The van der Waals surface area contributed by atoms with Crippen LogP contribution in [-0.2, 0) is 4.79 Å². The lowest BCUT2D eigenvalue weighted by atomic mass is 10.1. The van der Waals surface area contributed by atoms with E-state index in [9.17, 15) is 14.4 Å². The Bertz CT molecular complexity index is 1270. The Morgan fingerprint density at radius 3 is 2.42 bits per heavy atom. The number of aromatic nitrogens is 3. The van der Waals surface area contributed by atoms with Crippen LogP contribution in [0.3, 0.4) is 0 Å². The van der Waals surface area contributed by atoms with E-state index in [0.717, 1.165) is 10.0 Å². The van der Waals surface area contributed by atoms with Crippen LogP contribution in [0.2, 0.25) is 5.02 Å². The van der Waals surface area contributed by atoms with Gasteiger partial charge in [-0.3, -0.25) is 24.4 Å². The number of hydrogen-bond acceptors (Lipinski definition) is 5. The highest BCUT2D eigenvalue weighted by Gasteiger charge is 2.26. The van der Waals surface area contributed by atoms with Gasteiger partial charge in [-0.1, -0.05) is 27.5 Å². The first kappa shape index (κ1) is 25.3. The fourth-order valence-corrected chi connectivity index (χ4v) is 4.68. The van der Waals surface area contributed by atoms with Crippen LogP contribution in [0.5, 0.6) is 0 Å². The quantitative estimate of drug-likeness (QED) is 0.400. The summed E-state index contributed by atoms with van der Waals surface area (Å²) in [6, 6.07) is 8.03. The Balaban J connectivity index is 2.03. The Morgan fingerprint density at radius 2 is 1.79 bits per heavy atom. The highest BCUT2D eigenvalue weighted by atomic mass is 79.9. The van der Waals surface area contributed by atoms with Crippen molar-refractivity contribution in [3.63, 3.8) is 0 Å². The summed E-state index contributed by atoms with van der Waals surface area (Å²) in [5, 5.41) is 9.64. The summed E-state index contributed by atoms with van der Waals surface area (Å²) in [4.78, 5) is 42.3. The third-order valence-electron chi connectivity index (χ3n) is 4.58. The molecule has 1 N–H and O–H groups in total. The predicted octanol–water partition coefficient (Wildman–Crippen LogP) is 4.93. The molecule has 9 nitrogen and oxygen atoms in total. The van der Waals surface area contributed by atoms with Crippen molar-refractivity contribution in [2.24, 2.45) is 0 Å². The molecule has 0 aliphatic carbocycles. The first-order valence-electron chi connectivity index (χ1n) is 9.20. The molecule has 172 valence electrons. The molecule has 13 heteroatoms. The number of nitrogens with one attached hydrogen (secondary N) is 1. The second kappa shape index (κ2) is 10.3. The van der Waals surface area contributed by atoms with E-state index < -0.39 is 11.8 Å². The maximum absolute atomic E-state index is 13.3. The van der Waals surface area contributed by atoms with Crippen molar-refractivity contribution >= 4 is 82.8 Å². The lowest BCUT2D eigenvalue weighted by molar-refractivity contribution is -0.137. The summed E-state index contributed by atoms with van der Waals surface area (Å²) in [6.45, 7) is 1.34. The minimum Gasteiger partial charge on any atom is -0.319 e. The molecular formula is C20H16Br3ClN6O3. The first-order valence-corrected chi connectivity index (χ1v) is 12.0. The average Bonchev–Trinajstić information content (AvgIpc) is 3.15. The Kier molecular flexibility index (Phi) is 7.93. The van der Waals surface area contributed by atoms with Crippen LogP contribution in [0.1, 0.15) is 27.8 Å². The summed E-state index contributed by atoms with van der Waals surface area (Å²) in [6.07, 6.45) is 1.53. The number of carbonyl (C=O) groups excluding carboxylic acids is 3. The van der Waals surface area contributed by atoms with Gasteiger partial charge in [0.05, 0.1) is 16.3 Å². The average molecular weight is 664 g/mol. The molecule has 0 saturated carbocycles. The predicted molar refractivity (Wildman–Crippen MR) is 134 cm³/mol. The van der Waals surface area contributed by atoms with Crippen LogP contribution in [-0.4, -0.2) is 56.6 Å². The third kappa shape index (κ3) is 5.45. The number of hydrazine groups is 1. The molecule has 0 spiro atoms. The van der Waals surface area contributed by atoms with Crippen molar-refractivity contribution < 1.29 is 14.4 Å². The molecule has 33 heavy (non-hydrogen) atoms. The van der Waals surface area contributed by atoms with Crippen LogP contribution in [0.25, 0.3) is 5.82 Å². The highest BCUT2D eigenvalue weighted by molar-refractivity contribution is 9.11. The van der Waals surface area contributed by atoms with Crippen molar-refractivity contribution in [1.29, 1.82) is 0 Å². The smallest absolute Gasteiger partial charge is 0.274 e. The van der Waals surface area contributed by atoms with Gasteiger partial charge in [-0.15, -0.1) is 0 Å². The Morgan fingerprint density at radius 1 is 1.09 bits per heavy atom. The minimum absolute atomic E-state index is 0.130. The molecule has 3 aromatic rings. The number of amides is 3. The van der Waals surface area contributed by atoms with Crippen molar-refractivity contribution in [2.45, 2.75) is 6.92 Å². The molecule has 2 heterocycles. The van der Waals surface area contributed by atoms with Gasteiger partial charge in [-0.25, -0.2) is 9.67 Å². The first-order chi connectivity index (χ1) is 15.5. The van der Waals surface area contributed by atoms with Crippen LogP contribution < -0.4 is 5.32 Å². The van der Waals surface area contributed by atoms with E-state index in [-0.39, 0.29) is 28.7 Å². The molecule has 1 aromatic carbocycles. The number of benzene rings is 1. The van der Waals surface area contributed by atoms with Gasteiger partial charge in [0.25, 0.3) is 11.8 Å². The summed E-state index contributed by atoms with van der Waals surface area (Å²) >= 11 is 16.3. The van der Waals surface area contributed by atoms with E-state index >= 15 is 0 Å². The molecule has 0 radical (unpaired) electrons. The number of hydrogen-bond donors (Lipinski definition) is 1. The number of pyridine rings is 1. The van der Waals surface area contributed by atoms with Gasteiger partial charge in [0, 0.05) is 42.2 Å². The lowest BCUT2D eigenvalue weighted by Crippen LogP contribution is -2.44. The van der Waals surface area contributed by atoms with Gasteiger partial charge in [-0.2, -0.15) is 5.10 Å². The number of anilines is 1. The van der Waals surface area contributed by atoms with Crippen molar-refractivity contribution in [2.75, 3.05) is 19.4 Å². The van der Waals surface area contributed by atoms with E-state index in [1.807, 2.05) is 0 Å². The normalized spacial score (nSPS) is 10.6. The third-order valence-corrected chi connectivity index (χ3v) is 6.34. The van der Waals surface area contributed by atoms with E-state index in [1.54, 1.807) is 24.3 Å². The molecule has 0 aliphatic heterocycles. The standard InChI is InChI=1S/C20H16Br3ClN6O3/c1-10(31)28(2)29(3)20(33)12-7-11(21)8-13(22)17(12)26-19(32)15-9-16(23)27-30(15)18-14(24)5-4-6-25-18/h4-9H,1-3H3,(H,26,32). The number of nitrogens with zero attached hydrogens (tertiary/aromatic N) is 5. The summed E-state index contributed by atoms with van der Waals surface area (Å²) < 4.78 is 2.74. The molecule has 0 atom stereocenters. The largest absolute Gasteiger partial charge is 0.319 e. The minimum atomic E-state index is -0.561. The van der Waals surface area contributed by atoms with Crippen LogP contribution in [0.4, 0.5) is 5.69 Å². The fraction of sp³-hybridized carbons (Fsp3) is 0.150. The monoisotopic (exact) mass is 660 g/mol. The second-order valence-corrected chi connectivity index (χ2v) is 9.70. The molecular weight excluding hydrogens is 647 g/mol. The van der Waals surface area contributed by atoms with Gasteiger partial charge in [0.1, 0.15) is 10.3 Å². The van der Waals surface area contributed by atoms with Gasteiger partial charge in [-0.05, 0) is 56.1 Å². The van der Waals surface area contributed by atoms with Crippen molar-refractivity contribution in [1.82, 2.24) is 24.8 Å². The van der Waals surface area contributed by atoms with E-state index in [1.165, 1.54) is 38.0 Å². The topological polar surface area (TPSA) is 100 Å². The summed E-state index contributed by atoms with van der Waals surface area (Å²) in [5.41, 5.74) is 0.499. The Hall–Kier alpha value is -2.28. The number of carbonyl (C=O) groups is 3. The van der Waals surface area contributed by atoms with E-state index in [0.29, 0.717) is 18.6 Å². The van der Waals surface area contributed by atoms with Gasteiger partial charge < -0.3 is 5.32 Å². The van der Waals surface area contributed by atoms with Crippen molar-refractivity contribution in [3.05, 3.63) is 66.4 Å². The van der Waals surface area contributed by atoms with E-state index in [2.05, 4.69) is 63.2 Å². The molecule has 2 aromatic heterocycles. The molecule has 0 unspecified atom stereocenters. The molecule has 3 amide bonds. The Labute approximate surface area is 219 Å². The van der Waals surface area contributed by atoms with Crippen LogP contribution in [0.15, 0.2) is 50.1 Å². The van der Waals surface area contributed by atoms with Crippen LogP contribution >= 0.6 is 59.4 Å². The van der Waals surface area contributed by atoms with Crippen LogP contribution in [0, 0.1) is 0 Å². The fourth-order valence-electron chi connectivity index (χ4n) is 2.78. The lowest BCUT2D eigenvalue weighted by Gasteiger charge is -2.28. The molecule has 0 fully saturated rings. The highest BCUT2D eigenvalue weighted by Crippen LogP contribution is 2.32. The SMILES string of the molecule is CC(=O)N(C)N(C)C(=O)c1cc(Br)cc(Br)c1NC(=O)c1cc(Br)nn1-c1ncccc1Cl. The molecule has 0 bridgehead atoms. The molecule has 0 aliphatic rings. The second-order valence-electron chi connectivity index (χ2n) is 6.71. The molecule has 0 saturated heterocycles. The van der Waals surface area contributed by atoms with Crippen molar-refractivity contribution in [3.8, 4) is 5.82 Å². The zero-order valence-electron chi connectivity index (χ0n) is 17.4. The summed E-state index contributed by atoms with van der Waals surface area (Å²) in [5.74, 6) is -1.13. The van der Waals surface area contributed by atoms with Gasteiger partial charge in [0.2, 0.25) is 5.91 Å². The molecule has 3 rings (SSSR count). The van der Waals surface area contributed by atoms with E-state index in [4.69, 9.17) is 11.6 Å². The maximum Gasteiger partial charge on any atom is 0.274 e. The number of rotatable bonds is 4. The zero-order chi connectivity index (χ0) is 24.4. The van der Waals surface area contributed by atoms with Gasteiger partial charge >= 0.3 is 0 Å². The van der Waals surface area contributed by atoms with Gasteiger partial charge in [0.15, 0.2) is 5.82 Å². The zero-order valence-corrected chi connectivity index (χ0v) is 23.0. The number of halogens is 4.